The summed E-state index contributed by atoms with van der Waals surface area (Å²) in [5.41, 5.74) is 6.74. The molecule has 5 heterocycles. The van der Waals surface area contributed by atoms with E-state index >= 15 is 0 Å². The molecule has 2 aliphatic rings. The first-order chi connectivity index (χ1) is 17.9. The van der Waals surface area contributed by atoms with E-state index in [1.54, 1.807) is 24.0 Å². The summed E-state index contributed by atoms with van der Waals surface area (Å²) in [5, 5.41) is 19.7. The summed E-state index contributed by atoms with van der Waals surface area (Å²) in [6.45, 7) is 0.313. The number of nitrogens with two attached hydrogens (primary N) is 1. The third-order valence-corrected chi connectivity index (χ3v) is 7.60. The van der Waals surface area contributed by atoms with Crippen molar-refractivity contribution in [1.82, 2.24) is 25.2 Å². The lowest BCUT2D eigenvalue weighted by molar-refractivity contribution is -0.689. The second-order valence-corrected chi connectivity index (χ2v) is 10.0. The van der Waals surface area contributed by atoms with E-state index in [0.717, 1.165) is 11.3 Å². The Labute approximate surface area is 254 Å². The van der Waals surface area contributed by atoms with Crippen LogP contribution in [0.3, 0.4) is 0 Å². The number of thioether (sulfide) groups is 1. The zero-order valence-corrected chi connectivity index (χ0v) is 24.4. The molecule has 40 heavy (non-hydrogen) atoms. The summed E-state index contributed by atoms with van der Waals surface area (Å²) >= 11 is 2.47. The number of halogens is 3. The lowest BCUT2D eigenvalue weighted by atomic mass is 10.0. The fourth-order valence-corrected chi connectivity index (χ4v) is 5.78. The van der Waals surface area contributed by atoms with E-state index < -0.39 is 29.2 Å². The zero-order valence-electron chi connectivity index (χ0n) is 20.3. The average Bonchev–Trinajstić information content (AvgIpc) is 3.57. The number of thiazole rings is 1. The van der Waals surface area contributed by atoms with Crippen LogP contribution in [0.4, 0.5) is 5.13 Å². The number of rotatable bonds is 9. The Morgan fingerprint density at radius 1 is 1.27 bits per heavy atom. The number of β-lactam (4-membered cyclic amide) rings is 1. The van der Waals surface area contributed by atoms with Crippen LogP contribution in [-0.2, 0) is 32.4 Å². The molecule has 0 unspecified atom stereocenters. The van der Waals surface area contributed by atoms with Crippen LogP contribution >= 0.6 is 60.3 Å². The van der Waals surface area contributed by atoms with Crippen molar-refractivity contribution in [3.05, 3.63) is 71.2 Å². The molecular weight excluding hydrogens is 627 g/mol. The SMILES string of the molecule is Cl.Cl.Cl.Nc1nc(C(=NOCc2cnc[nH]2)C(=O)N[C@@H]2C(=O)N3C(C(=O)[O-])=C(C[n+]4ccccc4)CS[C@H]23)cs1. The molecule has 0 spiro atoms. The smallest absolute Gasteiger partial charge is 0.276 e. The van der Waals surface area contributed by atoms with Gasteiger partial charge in [0.05, 0.1) is 29.9 Å². The molecule has 0 saturated carbocycles. The second kappa shape index (κ2) is 14.3. The summed E-state index contributed by atoms with van der Waals surface area (Å²) in [6, 6.07) is 4.53. The van der Waals surface area contributed by atoms with Crippen LogP contribution in [0, 0.1) is 0 Å². The molecule has 214 valence electrons. The standard InChI is InChI=1S/C22H20N8O5S2.3ClH/c23-22-26-14(10-37-22)15(28-35-8-13-6-24-11-25-13)18(31)27-16-19(32)30-17(21(33)34)12(9-36-20(16)30)7-29-4-2-1-3-5-29;;;/h1-6,10-11,16,20H,7-9H2,(H4-,23,24,25,26,27,31,33,34);3*1H/t16-,20-;;;/m1.../s1. The maximum atomic E-state index is 13.1. The first kappa shape index (κ1) is 32.8. The van der Waals surface area contributed by atoms with Crippen LogP contribution in [-0.4, -0.2) is 60.5 Å². The number of carboxylic acid groups (broad SMARTS) is 1. The van der Waals surface area contributed by atoms with E-state index in [9.17, 15) is 19.5 Å². The van der Waals surface area contributed by atoms with Crippen molar-refractivity contribution in [3.8, 4) is 0 Å². The number of amides is 2. The predicted molar refractivity (Wildman–Crippen MR) is 152 cm³/mol. The van der Waals surface area contributed by atoms with Crippen molar-refractivity contribution in [3.63, 3.8) is 0 Å². The van der Waals surface area contributed by atoms with E-state index in [0.29, 0.717) is 23.6 Å². The van der Waals surface area contributed by atoms with Gasteiger partial charge in [0.15, 0.2) is 36.4 Å². The van der Waals surface area contributed by atoms with E-state index in [4.69, 9.17) is 10.6 Å². The van der Waals surface area contributed by atoms with Gasteiger partial charge in [0.1, 0.15) is 17.1 Å². The van der Waals surface area contributed by atoms with Crippen LogP contribution in [0.2, 0.25) is 0 Å². The minimum absolute atomic E-state index is 0. The molecule has 1 saturated heterocycles. The Morgan fingerprint density at radius 3 is 2.65 bits per heavy atom. The molecule has 13 nitrogen and oxygen atoms in total. The Morgan fingerprint density at radius 2 is 2.02 bits per heavy atom. The number of pyridine rings is 1. The highest BCUT2D eigenvalue weighted by Gasteiger charge is 2.53. The number of hydrogen-bond acceptors (Lipinski definition) is 11. The topological polar surface area (TPSA) is 183 Å². The number of anilines is 1. The number of carbonyl (C=O) groups is 3. The number of fused-ring (bicyclic) bond motifs is 1. The first-order valence-electron chi connectivity index (χ1n) is 10.9. The number of nitrogens with one attached hydrogen (secondary N) is 2. The summed E-state index contributed by atoms with van der Waals surface area (Å²) in [7, 11) is 0. The fourth-order valence-electron chi connectivity index (χ4n) is 3.89. The van der Waals surface area contributed by atoms with Crippen molar-refractivity contribution >= 4 is 88.9 Å². The Balaban J connectivity index is 0.00000187. The third-order valence-electron chi connectivity index (χ3n) is 5.59. The van der Waals surface area contributed by atoms with Crippen LogP contribution in [0.1, 0.15) is 11.4 Å². The van der Waals surface area contributed by atoms with Crippen molar-refractivity contribution in [1.29, 1.82) is 0 Å². The maximum absolute atomic E-state index is 13.1. The zero-order chi connectivity index (χ0) is 25.9. The van der Waals surface area contributed by atoms with Gasteiger partial charge in [0.2, 0.25) is 0 Å². The quantitative estimate of drug-likeness (QED) is 0.125. The van der Waals surface area contributed by atoms with Crippen molar-refractivity contribution in [2.45, 2.75) is 24.6 Å². The van der Waals surface area contributed by atoms with Crippen LogP contribution in [0.25, 0.3) is 0 Å². The van der Waals surface area contributed by atoms with Crippen molar-refractivity contribution < 1.29 is 28.9 Å². The second-order valence-electron chi connectivity index (χ2n) is 8.01. The molecule has 2 amide bonds. The highest BCUT2D eigenvalue weighted by molar-refractivity contribution is 8.00. The number of hydrogen-bond donors (Lipinski definition) is 3. The number of nitrogen functional groups attached to an aromatic ring is 1. The normalized spacial score (nSPS) is 17.9. The molecule has 3 aromatic heterocycles. The van der Waals surface area contributed by atoms with E-state index in [1.165, 1.54) is 23.0 Å². The van der Waals surface area contributed by atoms with Crippen LogP contribution in [0.15, 0.2) is 64.9 Å². The average molecular weight is 650 g/mol. The third kappa shape index (κ3) is 6.85. The molecule has 0 aliphatic carbocycles. The van der Waals surface area contributed by atoms with Crippen molar-refractivity contribution in [2.24, 2.45) is 5.16 Å². The van der Waals surface area contributed by atoms with E-state index in [2.05, 4.69) is 25.4 Å². The highest BCUT2D eigenvalue weighted by atomic mass is 35.5. The number of nitrogens with zero attached hydrogens (tertiary/aromatic N) is 5. The number of carboxylic acids is 1. The number of aliphatic carboxylic acids is 1. The molecule has 2 atom stereocenters. The number of aromatic nitrogens is 4. The molecule has 0 aromatic carbocycles. The van der Waals surface area contributed by atoms with Crippen molar-refractivity contribution in [2.75, 3.05) is 11.5 Å². The summed E-state index contributed by atoms with van der Waals surface area (Å²) < 4.78 is 1.81. The first-order valence-corrected chi connectivity index (χ1v) is 12.9. The molecule has 18 heteroatoms. The minimum Gasteiger partial charge on any atom is -0.543 e. The van der Waals surface area contributed by atoms with Gasteiger partial charge in [-0.3, -0.25) is 14.5 Å². The lowest BCUT2D eigenvalue weighted by Crippen LogP contribution is -2.71. The summed E-state index contributed by atoms with van der Waals surface area (Å²) in [5.74, 6) is -2.36. The predicted octanol–water partition coefficient (Wildman–Crippen LogP) is 0.0263. The summed E-state index contributed by atoms with van der Waals surface area (Å²) in [6.07, 6.45) is 6.63. The lowest BCUT2D eigenvalue weighted by Gasteiger charge is -2.50. The largest absolute Gasteiger partial charge is 0.543 e. The monoisotopic (exact) mass is 648 g/mol. The van der Waals surface area contributed by atoms with Crippen LogP contribution in [0.5, 0.6) is 0 Å². The summed E-state index contributed by atoms with van der Waals surface area (Å²) in [4.78, 5) is 55.5. The van der Waals surface area contributed by atoms with Gasteiger partial charge in [-0.2, -0.15) is 0 Å². The molecule has 2 aliphatic heterocycles. The molecule has 4 N–H and O–H groups in total. The number of imidazole rings is 1. The molecular formula is C22H23Cl3N8O5S2. The van der Waals surface area contributed by atoms with E-state index in [1.807, 2.05) is 22.8 Å². The van der Waals surface area contributed by atoms with Crippen LogP contribution < -0.4 is 20.7 Å². The molecule has 5 rings (SSSR count). The minimum atomic E-state index is -1.44. The Kier molecular flexibility index (Phi) is 11.8. The number of carbonyl (C=O) groups excluding carboxylic acids is 3. The number of aromatic amines is 1. The van der Waals surface area contributed by atoms with Gasteiger partial charge in [-0.25, -0.2) is 14.5 Å². The number of H-pyrrole nitrogens is 1. The van der Waals surface area contributed by atoms with Gasteiger partial charge in [-0.05, 0) is 0 Å². The maximum Gasteiger partial charge on any atom is 0.276 e. The van der Waals surface area contributed by atoms with Gasteiger partial charge < -0.3 is 30.8 Å². The fraction of sp³-hybridized carbons (Fsp3) is 0.227. The highest BCUT2D eigenvalue weighted by Crippen LogP contribution is 2.40. The Bertz CT molecular complexity index is 1400. The molecule has 3 aromatic rings. The molecule has 0 radical (unpaired) electrons. The Hall–Kier alpha value is -3.37. The van der Waals surface area contributed by atoms with Gasteiger partial charge >= 0.3 is 0 Å². The van der Waals surface area contributed by atoms with E-state index in [-0.39, 0.29) is 66.1 Å². The molecule has 1 fully saturated rings. The van der Waals surface area contributed by atoms with Gasteiger partial charge in [-0.1, -0.05) is 11.2 Å². The number of oxime groups is 1. The van der Waals surface area contributed by atoms with Gasteiger partial charge in [0.25, 0.3) is 11.8 Å². The van der Waals surface area contributed by atoms with Gasteiger partial charge in [-0.15, -0.1) is 60.3 Å². The van der Waals surface area contributed by atoms with Gasteiger partial charge in [0, 0.05) is 28.8 Å². The molecule has 0 bridgehead atoms.